The molecule has 0 radical (unpaired) electrons. The minimum atomic E-state index is 0.0169. The summed E-state index contributed by atoms with van der Waals surface area (Å²) in [6, 6.07) is 16.1. The van der Waals surface area contributed by atoms with Gasteiger partial charge in [-0.3, -0.25) is 4.79 Å². The molecule has 0 aliphatic heterocycles. The van der Waals surface area contributed by atoms with Gasteiger partial charge in [-0.1, -0.05) is 57.5 Å². The molecule has 30 heavy (non-hydrogen) atoms. The minimum absolute atomic E-state index is 0.0169. The van der Waals surface area contributed by atoms with Crippen LogP contribution in [0.3, 0.4) is 0 Å². The molecule has 0 aliphatic carbocycles. The minimum Gasteiger partial charge on any atom is -0.462 e. The van der Waals surface area contributed by atoms with Crippen molar-refractivity contribution in [3.8, 4) is 23.1 Å². The van der Waals surface area contributed by atoms with Crippen LogP contribution in [0.2, 0.25) is 0 Å². The highest BCUT2D eigenvalue weighted by Gasteiger charge is 2.15. The van der Waals surface area contributed by atoms with Crippen molar-refractivity contribution >= 4 is 11.6 Å². The third-order valence-electron chi connectivity index (χ3n) is 4.43. The highest BCUT2D eigenvalue weighted by atomic mass is 16.5. The van der Waals surface area contributed by atoms with Gasteiger partial charge < -0.3 is 10.1 Å². The summed E-state index contributed by atoms with van der Waals surface area (Å²) in [7, 11) is 0. The van der Waals surface area contributed by atoms with Gasteiger partial charge in [0.15, 0.2) is 5.82 Å². The van der Waals surface area contributed by atoms with Crippen molar-refractivity contribution in [1.29, 1.82) is 0 Å². The SMILES string of the molecule is Cc1ccc(-c2nc(OCC(C)C)nn2-c2ccc(NC(=O)CC(C)C)cc2)cc1. The van der Waals surface area contributed by atoms with E-state index in [1.165, 1.54) is 5.56 Å². The van der Waals surface area contributed by atoms with Crippen LogP contribution in [0.15, 0.2) is 48.5 Å². The number of nitrogens with zero attached hydrogens (tertiary/aromatic N) is 3. The van der Waals surface area contributed by atoms with E-state index in [1.54, 1.807) is 4.68 Å². The Hall–Kier alpha value is -3.15. The molecule has 0 saturated carbocycles. The standard InChI is InChI=1S/C24H30N4O2/c1-16(2)14-22(29)25-20-10-12-21(13-11-20)28-23(19-8-6-18(5)7-9-19)26-24(27-28)30-15-17(3)4/h6-13,16-17H,14-15H2,1-5H3,(H,25,29). The van der Waals surface area contributed by atoms with Crippen molar-refractivity contribution < 1.29 is 9.53 Å². The fraction of sp³-hybridized carbons (Fsp3) is 0.375. The van der Waals surface area contributed by atoms with E-state index in [0.717, 1.165) is 16.9 Å². The van der Waals surface area contributed by atoms with Crippen LogP contribution >= 0.6 is 0 Å². The molecule has 6 nitrogen and oxygen atoms in total. The average molecular weight is 407 g/mol. The largest absolute Gasteiger partial charge is 0.462 e. The Balaban J connectivity index is 1.89. The maximum atomic E-state index is 12.0. The van der Waals surface area contributed by atoms with Gasteiger partial charge in [-0.15, -0.1) is 5.10 Å². The Bertz CT molecular complexity index is 973. The lowest BCUT2D eigenvalue weighted by Crippen LogP contribution is -2.13. The number of carbonyl (C=O) groups is 1. The number of hydrogen-bond acceptors (Lipinski definition) is 4. The van der Waals surface area contributed by atoms with Gasteiger partial charge in [-0.2, -0.15) is 4.98 Å². The van der Waals surface area contributed by atoms with Crippen molar-refractivity contribution in [2.45, 2.75) is 41.0 Å². The van der Waals surface area contributed by atoms with Gasteiger partial charge in [0, 0.05) is 17.7 Å². The lowest BCUT2D eigenvalue weighted by molar-refractivity contribution is -0.116. The zero-order chi connectivity index (χ0) is 21.7. The van der Waals surface area contributed by atoms with Gasteiger partial charge in [0.1, 0.15) is 0 Å². The lowest BCUT2D eigenvalue weighted by atomic mass is 10.1. The maximum Gasteiger partial charge on any atom is 0.336 e. The van der Waals surface area contributed by atoms with Crippen LogP contribution in [-0.4, -0.2) is 27.3 Å². The number of ether oxygens (including phenoxy) is 1. The van der Waals surface area contributed by atoms with E-state index in [-0.39, 0.29) is 5.91 Å². The second kappa shape index (κ2) is 9.57. The lowest BCUT2D eigenvalue weighted by Gasteiger charge is -2.09. The zero-order valence-corrected chi connectivity index (χ0v) is 18.3. The van der Waals surface area contributed by atoms with Crippen LogP contribution in [0.5, 0.6) is 6.01 Å². The first-order chi connectivity index (χ1) is 14.3. The molecule has 0 aliphatic rings. The zero-order valence-electron chi connectivity index (χ0n) is 18.3. The van der Waals surface area contributed by atoms with Crippen molar-refractivity contribution in [2.75, 3.05) is 11.9 Å². The molecule has 0 fully saturated rings. The summed E-state index contributed by atoms with van der Waals surface area (Å²) in [5, 5.41) is 7.51. The predicted molar refractivity (Wildman–Crippen MR) is 120 cm³/mol. The molecular formula is C24H30N4O2. The summed E-state index contributed by atoms with van der Waals surface area (Å²) in [6.45, 7) is 10.8. The maximum absolute atomic E-state index is 12.0. The van der Waals surface area contributed by atoms with Gasteiger partial charge in [0.2, 0.25) is 5.91 Å². The fourth-order valence-corrected chi connectivity index (χ4v) is 2.93. The quantitative estimate of drug-likeness (QED) is 0.554. The number of aromatic nitrogens is 3. The number of nitrogens with one attached hydrogen (secondary N) is 1. The summed E-state index contributed by atoms with van der Waals surface area (Å²) >= 11 is 0. The summed E-state index contributed by atoms with van der Waals surface area (Å²) in [6.07, 6.45) is 0.499. The monoisotopic (exact) mass is 406 g/mol. The van der Waals surface area contributed by atoms with E-state index in [1.807, 2.05) is 50.2 Å². The van der Waals surface area contributed by atoms with Crippen LogP contribution in [0.4, 0.5) is 5.69 Å². The Kier molecular flexibility index (Phi) is 6.87. The number of carbonyl (C=O) groups excluding carboxylic acids is 1. The molecule has 6 heteroatoms. The van der Waals surface area contributed by atoms with Crippen molar-refractivity contribution in [3.05, 3.63) is 54.1 Å². The molecule has 3 rings (SSSR count). The first-order valence-electron chi connectivity index (χ1n) is 10.4. The Morgan fingerprint density at radius 3 is 2.27 bits per heavy atom. The molecule has 1 N–H and O–H groups in total. The van der Waals surface area contributed by atoms with Crippen LogP contribution in [-0.2, 0) is 4.79 Å². The van der Waals surface area contributed by atoms with Crippen LogP contribution in [0.1, 0.15) is 39.7 Å². The van der Waals surface area contributed by atoms with E-state index >= 15 is 0 Å². The second-order valence-electron chi connectivity index (χ2n) is 8.39. The number of aryl methyl sites for hydroxylation is 1. The normalized spacial score (nSPS) is 11.2. The van der Waals surface area contributed by atoms with E-state index in [4.69, 9.17) is 4.74 Å². The molecule has 0 bridgehead atoms. The second-order valence-corrected chi connectivity index (χ2v) is 8.39. The van der Waals surface area contributed by atoms with Crippen LogP contribution in [0.25, 0.3) is 17.1 Å². The van der Waals surface area contributed by atoms with E-state index in [2.05, 4.69) is 48.3 Å². The molecular weight excluding hydrogens is 376 g/mol. The summed E-state index contributed by atoms with van der Waals surface area (Å²) in [4.78, 5) is 16.6. The van der Waals surface area contributed by atoms with Crippen LogP contribution in [0, 0.1) is 18.8 Å². The molecule has 1 heterocycles. The molecule has 2 aromatic carbocycles. The summed E-state index contributed by atoms with van der Waals surface area (Å²) in [5.74, 6) is 1.43. The van der Waals surface area contributed by atoms with E-state index in [0.29, 0.717) is 36.7 Å². The number of amides is 1. The van der Waals surface area contributed by atoms with Gasteiger partial charge in [-0.25, -0.2) is 4.68 Å². The third kappa shape index (κ3) is 5.69. The van der Waals surface area contributed by atoms with E-state index < -0.39 is 0 Å². The number of hydrogen-bond donors (Lipinski definition) is 1. The first kappa shape index (κ1) is 21.6. The van der Waals surface area contributed by atoms with Gasteiger partial charge >= 0.3 is 6.01 Å². The summed E-state index contributed by atoms with van der Waals surface area (Å²) in [5.41, 5.74) is 3.75. The molecule has 1 amide bonds. The van der Waals surface area contributed by atoms with E-state index in [9.17, 15) is 4.79 Å². The molecule has 158 valence electrons. The number of rotatable bonds is 8. The number of anilines is 1. The average Bonchev–Trinajstić information content (AvgIpc) is 3.11. The molecule has 0 atom stereocenters. The van der Waals surface area contributed by atoms with Gasteiger partial charge in [0.25, 0.3) is 0 Å². The van der Waals surface area contributed by atoms with Crippen molar-refractivity contribution in [1.82, 2.24) is 14.8 Å². The molecule has 1 aromatic heterocycles. The number of benzene rings is 2. The molecule has 3 aromatic rings. The Labute approximate surface area is 178 Å². The van der Waals surface area contributed by atoms with Gasteiger partial charge in [-0.05, 0) is 43.0 Å². The predicted octanol–water partition coefficient (Wildman–Crippen LogP) is 5.26. The Morgan fingerprint density at radius 1 is 1.00 bits per heavy atom. The third-order valence-corrected chi connectivity index (χ3v) is 4.43. The fourth-order valence-electron chi connectivity index (χ4n) is 2.93. The summed E-state index contributed by atoms with van der Waals surface area (Å²) < 4.78 is 7.55. The molecule has 0 saturated heterocycles. The Morgan fingerprint density at radius 2 is 1.67 bits per heavy atom. The topological polar surface area (TPSA) is 69.0 Å². The van der Waals surface area contributed by atoms with Crippen molar-refractivity contribution in [2.24, 2.45) is 11.8 Å². The highest BCUT2D eigenvalue weighted by Crippen LogP contribution is 2.25. The van der Waals surface area contributed by atoms with Crippen LogP contribution < -0.4 is 10.1 Å². The van der Waals surface area contributed by atoms with Gasteiger partial charge in [0.05, 0.1) is 12.3 Å². The molecule has 0 unspecified atom stereocenters. The highest BCUT2D eigenvalue weighted by molar-refractivity contribution is 5.90. The smallest absolute Gasteiger partial charge is 0.336 e. The first-order valence-corrected chi connectivity index (χ1v) is 10.4. The van der Waals surface area contributed by atoms with Crippen molar-refractivity contribution in [3.63, 3.8) is 0 Å². The molecule has 0 spiro atoms.